The van der Waals surface area contributed by atoms with E-state index >= 15 is 0 Å². The smallest absolute Gasteiger partial charge is 0.407 e. The fraction of sp³-hybridized carbons (Fsp3) is 0.526. The third-order valence-corrected chi connectivity index (χ3v) is 4.22. The number of carbonyl (C=O) groups is 2. The Kier molecular flexibility index (Phi) is 5.73. The number of hydroxylamine groups is 2. The summed E-state index contributed by atoms with van der Waals surface area (Å²) in [6.45, 7) is 10.9. The number of carbonyl (C=O) groups excluding carboxylic acids is 2. The molecule has 1 aromatic rings. The van der Waals surface area contributed by atoms with Crippen molar-refractivity contribution in [3.05, 3.63) is 36.7 Å². The molecule has 9 heteroatoms. The van der Waals surface area contributed by atoms with Gasteiger partial charge in [-0.15, -0.1) is 6.58 Å². The maximum Gasteiger partial charge on any atom is 0.407 e. The van der Waals surface area contributed by atoms with Crippen LogP contribution in [-0.4, -0.2) is 69.8 Å². The molecular weight excluding hydrogens is 362 g/mol. The highest BCUT2D eigenvalue weighted by molar-refractivity contribution is 5.80. The van der Waals surface area contributed by atoms with E-state index in [0.29, 0.717) is 26.1 Å². The second kappa shape index (κ2) is 8.05. The van der Waals surface area contributed by atoms with Gasteiger partial charge in [-0.2, -0.15) is 10.2 Å². The van der Waals surface area contributed by atoms with Crippen LogP contribution in [0.2, 0.25) is 0 Å². The van der Waals surface area contributed by atoms with Gasteiger partial charge in [-0.3, -0.25) is 4.84 Å². The molecule has 0 aromatic carbocycles. The summed E-state index contributed by atoms with van der Waals surface area (Å²) in [5.41, 5.74) is 1.24. The Morgan fingerprint density at radius 1 is 1.46 bits per heavy atom. The van der Waals surface area contributed by atoms with Gasteiger partial charge in [0.15, 0.2) is 0 Å². The van der Waals surface area contributed by atoms with Crippen molar-refractivity contribution < 1.29 is 19.2 Å². The second-order valence-electron chi connectivity index (χ2n) is 7.73. The molecule has 1 aromatic heterocycles. The fourth-order valence-electron chi connectivity index (χ4n) is 3.08. The molecule has 1 N–H and O–H groups in total. The van der Waals surface area contributed by atoms with Gasteiger partial charge in [-0.25, -0.2) is 14.3 Å². The maximum atomic E-state index is 12.4. The summed E-state index contributed by atoms with van der Waals surface area (Å²) in [7, 11) is 0. The van der Waals surface area contributed by atoms with Gasteiger partial charge in [0, 0.05) is 25.7 Å². The van der Waals surface area contributed by atoms with Crippen molar-refractivity contribution in [2.24, 2.45) is 0 Å². The van der Waals surface area contributed by atoms with Gasteiger partial charge < -0.3 is 15.0 Å². The van der Waals surface area contributed by atoms with Crippen molar-refractivity contribution in [2.45, 2.75) is 38.8 Å². The number of amides is 3. The zero-order chi connectivity index (χ0) is 20.3. The molecule has 0 spiro atoms. The van der Waals surface area contributed by atoms with E-state index in [-0.39, 0.29) is 18.7 Å². The molecule has 2 aliphatic rings. The Morgan fingerprint density at radius 3 is 2.96 bits per heavy atom. The highest BCUT2D eigenvalue weighted by Gasteiger charge is 2.41. The normalized spacial score (nSPS) is 18.9. The molecule has 0 saturated carbocycles. The number of fused-ring (bicyclic) bond motifs is 2. The molecule has 152 valence electrons. The van der Waals surface area contributed by atoms with Gasteiger partial charge >= 0.3 is 12.1 Å². The van der Waals surface area contributed by atoms with E-state index < -0.39 is 11.7 Å². The molecule has 1 saturated heterocycles. The van der Waals surface area contributed by atoms with Crippen LogP contribution in [0.1, 0.15) is 26.5 Å². The minimum atomic E-state index is -0.519. The first-order valence-corrected chi connectivity index (χ1v) is 9.31. The quantitative estimate of drug-likeness (QED) is 0.721. The van der Waals surface area contributed by atoms with E-state index in [4.69, 9.17) is 9.57 Å². The van der Waals surface area contributed by atoms with Crippen molar-refractivity contribution in [3.63, 3.8) is 0 Å². The van der Waals surface area contributed by atoms with Gasteiger partial charge in [0.05, 0.1) is 30.6 Å². The summed E-state index contributed by atoms with van der Waals surface area (Å²) in [5.74, 6) is 0. The first kappa shape index (κ1) is 19.9. The Bertz CT molecular complexity index is 780. The summed E-state index contributed by atoms with van der Waals surface area (Å²) in [4.78, 5) is 31.3. The third kappa shape index (κ3) is 4.72. The van der Waals surface area contributed by atoms with Crippen molar-refractivity contribution in [3.8, 4) is 0 Å². The second-order valence-corrected chi connectivity index (χ2v) is 7.73. The minimum absolute atomic E-state index is 0.141. The van der Waals surface area contributed by atoms with Crippen molar-refractivity contribution >= 4 is 17.8 Å². The Hall–Kier alpha value is -2.81. The molecule has 28 heavy (non-hydrogen) atoms. The van der Waals surface area contributed by atoms with Crippen molar-refractivity contribution in [2.75, 3.05) is 26.2 Å². The number of nitrogens with one attached hydrogen (secondary N) is 1. The maximum absolute atomic E-state index is 12.4. The summed E-state index contributed by atoms with van der Waals surface area (Å²) < 4.78 is 6.98. The average molecular weight is 389 g/mol. The molecule has 2 bridgehead atoms. The topological polar surface area (TPSA) is 88.9 Å². The van der Waals surface area contributed by atoms with Crippen LogP contribution >= 0.6 is 0 Å². The fourth-order valence-corrected chi connectivity index (χ4v) is 3.08. The molecule has 1 unspecified atom stereocenters. The van der Waals surface area contributed by atoms with Crippen molar-refractivity contribution in [1.29, 1.82) is 0 Å². The van der Waals surface area contributed by atoms with Crippen LogP contribution in [-0.2, 0) is 16.0 Å². The molecule has 1 atom stereocenters. The lowest BCUT2D eigenvalue weighted by Gasteiger charge is -2.21. The van der Waals surface area contributed by atoms with E-state index in [1.54, 1.807) is 15.7 Å². The lowest BCUT2D eigenvalue weighted by Crippen LogP contribution is -2.33. The number of hydrogen-bond donors (Lipinski definition) is 1. The van der Waals surface area contributed by atoms with Crippen LogP contribution in [0.3, 0.4) is 0 Å². The van der Waals surface area contributed by atoms with E-state index in [0.717, 1.165) is 11.4 Å². The number of nitrogens with zero attached hydrogens (tertiary/aromatic N) is 4. The highest BCUT2D eigenvalue weighted by Crippen LogP contribution is 2.26. The molecule has 3 amide bonds. The molecule has 0 aliphatic carbocycles. The van der Waals surface area contributed by atoms with E-state index in [1.165, 1.54) is 5.06 Å². The third-order valence-electron chi connectivity index (χ3n) is 4.22. The molecule has 3 rings (SSSR count). The molecule has 9 nitrogen and oxygen atoms in total. The van der Waals surface area contributed by atoms with Crippen LogP contribution in [0.25, 0.3) is 5.70 Å². The van der Waals surface area contributed by atoms with Gasteiger partial charge in [0.1, 0.15) is 5.60 Å². The monoisotopic (exact) mass is 389 g/mol. The minimum Gasteiger partial charge on any atom is -0.444 e. The number of alkyl carbamates (subject to hydrolysis) is 1. The predicted octanol–water partition coefficient (Wildman–Crippen LogP) is 2.03. The molecule has 2 aliphatic heterocycles. The highest BCUT2D eigenvalue weighted by atomic mass is 16.7. The number of urea groups is 1. The summed E-state index contributed by atoms with van der Waals surface area (Å²) in [6.07, 6.45) is 5.62. The molecule has 0 radical (unpaired) electrons. The molecule has 3 heterocycles. The summed E-state index contributed by atoms with van der Waals surface area (Å²) in [5, 5.41) is 8.67. The van der Waals surface area contributed by atoms with Crippen LogP contribution in [0, 0.1) is 0 Å². The van der Waals surface area contributed by atoms with E-state index in [2.05, 4.69) is 17.0 Å². The zero-order valence-electron chi connectivity index (χ0n) is 16.6. The van der Waals surface area contributed by atoms with Crippen LogP contribution in [0.5, 0.6) is 0 Å². The van der Waals surface area contributed by atoms with Crippen LogP contribution in [0.15, 0.2) is 31.0 Å². The Balaban J connectivity index is 1.56. The van der Waals surface area contributed by atoms with Gasteiger partial charge in [0.25, 0.3) is 0 Å². The number of ether oxygens (including phenoxy) is 1. The van der Waals surface area contributed by atoms with E-state index in [1.807, 2.05) is 39.1 Å². The van der Waals surface area contributed by atoms with Crippen LogP contribution < -0.4 is 5.32 Å². The molecule has 1 fully saturated rings. The largest absolute Gasteiger partial charge is 0.444 e. The Morgan fingerprint density at radius 2 is 2.25 bits per heavy atom. The standard InChI is InChI=1S/C19H27N5O4/c1-5-10-27-24-16-11-15(12-22(13-16)18(24)26)23-9-7-14(21-23)6-8-20-17(25)28-19(2,3)4/h5,7,9,11,16H,1,6,8,10,12-13H2,2-4H3,(H,20,25). The zero-order valence-corrected chi connectivity index (χ0v) is 16.6. The number of aromatic nitrogens is 2. The number of rotatable bonds is 7. The predicted molar refractivity (Wildman–Crippen MR) is 103 cm³/mol. The lowest BCUT2D eigenvalue weighted by atomic mass is 10.2. The summed E-state index contributed by atoms with van der Waals surface area (Å²) in [6, 6.07) is 1.61. The first-order chi connectivity index (χ1) is 13.3. The molecular formula is C19H27N5O4. The van der Waals surface area contributed by atoms with Crippen molar-refractivity contribution in [1.82, 2.24) is 25.1 Å². The first-order valence-electron chi connectivity index (χ1n) is 9.31. The Labute approximate surface area is 164 Å². The number of hydrogen-bond acceptors (Lipinski definition) is 5. The SMILES string of the molecule is C=CCON1C(=O)N2CC(n3ccc(CCNC(=O)OC(C)(C)C)n3)=CC1C2. The van der Waals surface area contributed by atoms with Gasteiger partial charge in [0.2, 0.25) is 0 Å². The van der Waals surface area contributed by atoms with Gasteiger partial charge in [-0.05, 0) is 32.9 Å². The average Bonchev–Trinajstić information content (AvgIpc) is 3.16. The lowest BCUT2D eigenvalue weighted by molar-refractivity contribution is -0.107. The van der Waals surface area contributed by atoms with Crippen LogP contribution in [0.4, 0.5) is 9.59 Å². The van der Waals surface area contributed by atoms with E-state index in [9.17, 15) is 9.59 Å². The van der Waals surface area contributed by atoms with Gasteiger partial charge in [-0.1, -0.05) is 6.08 Å². The summed E-state index contributed by atoms with van der Waals surface area (Å²) >= 11 is 0.